The van der Waals surface area contributed by atoms with E-state index in [1.54, 1.807) is 0 Å². The molecule has 7 atom stereocenters. The predicted octanol–water partition coefficient (Wildman–Crippen LogP) is 5.64. The maximum atomic E-state index is 13.5. The third-order valence-electron chi connectivity index (χ3n) is 9.55. The fourth-order valence-electron chi connectivity index (χ4n) is 8.09. The minimum absolute atomic E-state index is 0.181. The molecule has 0 saturated heterocycles. The van der Waals surface area contributed by atoms with Gasteiger partial charge in [-0.25, -0.2) is 0 Å². The van der Waals surface area contributed by atoms with Gasteiger partial charge >= 0.3 is 5.97 Å². The zero-order valence-electron chi connectivity index (χ0n) is 17.1. The average molecular weight is 373 g/mol. The lowest BCUT2D eigenvalue weighted by atomic mass is 9.43. The number of ketones is 1. The van der Waals surface area contributed by atoms with Crippen molar-refractivity contribution in [3.05, 3.63) is 12.2 Å². The van der Waals surface area contributed by atoms with Gasteiger partial charge in [-0.05, 0) is 91.4 Å². The van der Waals surface area contributed by atoms with Crippen LogP contribution in [0.25, 0.3) is 0 Å². The summed E-state index contributed by atoms with van der Waals surface area (Å²) < 4.78 is 0. The number of carbonyl (C=O) groups is 2. The van der Waals surface area contributed by atoms with Crippen LogP contribution in [0, 0.1) is 40.4 Å². The number of aliphatic carboxylic acids is 1. The number of carboxylic acid groups (broad SMARTS) is 1. The first-order valence-corrected chi connectivity index (χ1v) is 11.2. The largest absolute Gasteiger partial charge is 0.481 e. The second kappa shape index (κ2) is 6.74. The molecule has 4 rings (SSSR count). The summed E-state index contributed by atoms with van der Waals surface area (Å²) >= 11 is 0. The SMILES string of the molecule is C=C1C(=O)C2C3CCC(CCCC(=O)O)C3(C)CCC2C2(C)CCCCC12. The summed E-state index contributed by atoms with van der Waals surface area (Å²) in [4.78, 5) is 24.4. The Balaban J connectivity index is 1.59. The fourth-order valence-corrected chi connectivity index (χ4v) is 8.09. The maximum absolute atomic E-state index is 13.5. The number of fused-ring (bicyclic) bond motifs is 5. The van der Waals surface area contributed by atoms with Crippen LogP contribution in [0.5, 0.6) is 0 Å². The number of Topliss-reactive ketones (excluding diaryl/α,β-unsaturated/α-hetero) is 1. The van der Waals surface area contributed by atoms with E-state index < -0.39 is 5.97 Å². The van der Waals surface area contributed by atoms with E-state index in [1.807, 2.05) is 0 Å². The van der Waals surface area contributed by atoms with Gasteiger partial charge in [-0.1, -0.05) is 33.3 Å². The Morgan fingerprint density at radius 3 is 2.56 bits per heavy atom. The summed E-state index contributed by atoms with van der Waals surface area (Å²) in [7, 11) is 0. The molecule has 0 aromatic heterocycles. The minimum atomic E-state index is -0.687. The highest BCUT2D eigenvalue weighted by atomic mass is 16.4. The van der Waals surface area contributed by atoms with Crippen molar-refractivity contribution in [2.75, 3.05) is 0 Å². The van der Waals surface area contributed by atoms with Crippen molar-refractivity contribution in [1.29, 1.82) is 0 Å². The lowest BCUT2D eigenvalue weighted by molar-refractivity contribution is -0.145. The Labute approximate surface area is 164 Å². The minimum Gasteiger partial charge on any atom is -0.481 e. The molecular weight excluding hydrogens is 336 g/mol. The van der Waals surface area contributed by atoms with E-state index in [0.717, 1.165) is 31.3 Å². The third-order valence-corrected chi connectivity index (χ3v) is 9.55. The van der Waals surface area contributed by atoms with Gasteiger partial charge in [0.05, 0.1) is 0 Å². The van der Waals surface area contributed by atoms with Gasteiger partial charge in [0.25, 0.3) is 0 Å². The van der Waals surface area contributed by atoms with Gasteiger partial charge in [0.15, 0.2) is 5.78 Å². The van der Waals surface area contributed by atoms with Gasteiger partial charge in [-0.2, -0.15) is 0 Å². The number of allylic oxidation sites excluding steroid dienone is 1. The first-order valence-electron chi connectivity index (χ1n) is 11.2. The smallest absolute Gasteiger partial charge is 0.303 e. The highest BCUT2D eigenvalue weighted by Crippen LogP contribution is 2.67. The van der Waals surface area contributed by atoms with E-state index in [-0.39, 0.29) is 23.2 Å². The Hall–Kier alpha value is -1.12. The molecule has 0 radical (unpaired) electrons. The van der Waals surface area contributed by atoms with E-state index in [2.05, 4.69) is 20.4 Å². The van der Waals surface area contributed by atoms with Crippen LogP contribution in [0.4, 0.5) is 0 Å². The predicted molar refractivity (Wildman–Crippen MR) is 106 cm³/mol. The Kier molecular flexibility index (Phi) is 4.79. The molecule has 7 unspecified atom stereocenters. The Morgan fingerprint density at radius 2 is 1.81 bits per heavy atom. The summed E-state index contributed by atoms with van der Waals surface area (Å²) in [5.74, 6) is 1.91. The number of hydrogen-bond donors (Lipinski definition) is 1. The highest BCUT2D eigenvalue weighted by Gasteiger charge is 2.62. The van der Waals surface area contributed by atoms with E-state index in [0.29, 0.717) is 29.5 Å². The first-order chi connectivity index (χ1) is 12.8. The van der Waals surface area contributed by atoms with Crippen molar-refractivity contribution >= 4 is 11.8 Å². The van der Waals surface area contributed by atoms with Crippen LogP contribution in [-0.4, -0.2) is 16.9 Å². The second-order valence-electron chi connectivity index (χ2n) is 10.5. The molecule has 1 N–H and O–H groups in total. The maximum Gasteiger partial charge on any atom is 0.303 e. The number of rotatable bonds is 4. The Morgan fingerprint density at radius 1 is 1.07 bits per heavy atom. The zero-order valence-corrected chi connectivity index (χ0v) is 17.1. The van der Waals surface area contributed by atoms with Gasteiger partial charge in [0, 0.05) is 12.3 Å². The average Bonchev–Trinajstić information content (AvgIpc) is 2.95. The lowest BCUT2D eigenvalue weighted by Crippen LogP contribution is -2.57. The van der Waals surface area contributed by atoms with Crippen LogP contribution in [0.1, 0.15) is 84.5 Å². The van der Waals surface area contributed by atoms with Crippen LogP contribution < -0.4 is 0 Å². The fraction of sp³-hybridized carbons (Fsp3) is 0.833. The van der Waals surface area contributed by atoms with Gasteiger partial charge in [0.1, 0.15) is 0 Å². The quantitative estimate of drug-likeness (QED) is 0.650. The summed E-state index contributed by atoms with van der Waals surface area (Å²) in [5.41, 5.74) is 1.43. The van der Waals surface area contributed by atoms with E-state index in [4.69, 9.17) is 5.11 Å². The molecule has 0 bridgehead atoms. The van der Waals surface area contributed by atoms with Crippen molar-refractivity contribution in [2.24, 2.45) is 40.4 Å². The molecule has 0 aliphatic heterocycles. The molecule has 0 spiro atoms. The van der Waals surface area contributed by atoms with Crippen molar-refractivity contribution in [3.63, 3.8) is 0 Å². The van der Waals surface area contributed by atoms with Crippen LogP contribution in [0.3, 0.4) is 0 Å². The van der Waals surface area contributed by atoms with Gasteiger partial charge in [-0.3, -0.25) is 9.59 Å². The molecule has 0 aromatic rings. The monoisotopic (exact) mass is 372 g/mol. The standard InChI is InChI=1S/C24H36O3/c1-15-17-8-4-5-13-24(17,3)19-12-14-23(2)16(7-6-9-20(25)26)10-11-18(23)21(19)22(15)27/h16-19,21H,1,4-14H2,2-3H3,(H,25,26). The molecule has 27 heavy (non-hydrogen) atoms. The summed E-state index contributed by atoms with van der Waals surface area (Å²) in [5, 5.41) is 8.99. The molecule has 3 heteroatoms. The van der Waals surface area contributed by atoms with Gasteiger partial charge in [-0.15, -0.1) is 0 Å². The van der Waals surface area contributed by atoms with Crippen LogP contribution >= 0.6 is 0 Å². The normalized spacial score (nSPS) is 46.5. The second-order valence-corrected chi connectivity index (χ2v) is 10.5. The molecule has 0 heterocycles. The van der Waals surface area contributed by atoms with Crippen molar-refractivity contribution in [2.45, 2.75) is 84.5 Å². The molecule has 3 nitrogen and oxygen atoms in total. The highest BCUT2D eigenvalue weighted by molar-refractivity contribution is 5.99. The molecule has 4 aliphatic carbocycles. The molecule has 4 aliphatic rings. The van der Waals surface area contributed by atoms with Crippen LogP contribution in [0.15, 0.2) is 12.2 Å². The van der Waals surface area contributed by atoms with Crippen molar-refractivity contribution in [1.82, 2.24) is 0 Å². The summed E-state index contributed by atoms with van der Waals surface area (Å²) in [6, 6.07) is 0. The number of carboxylic acids is 1. The molecule has 0 aromatic carbocycles. The van der Waals surface area contributed by atoms with Gasteiger partial charge < -0.3 is 5.11 Å². The van der Waals surface area contributed by atoms with E-state index in [9.17, 15) is 9.59 Å². The lowest BCUT2D eigenvalue weighted by Gasteiger charge is -2.60. The first kappa shape index (κ1) is 19.2. The van der Waals surface area contributed by atoms with E-state index in [1.165, 1.54) is 38.5 Å². The zero-order chi connectivity index (χ0) is 19.4. The van der Waals surface area contributed by atoms with Crippen molar-refractivity contribution in [3.8, 4) is 0 Å². The molecule has 4 fully saturated rings. The van der Waals surface area contributed by atoms with Gasteiger partial charge in [0.2, 0.25) is 0 Å². The van der Waals surface area contributed by atoms with Crippen LogP contribution in [0.2, 0.25) is 0 Å². The molecule has 150 valence electrons. The molecular formula is C24H36O3. The number of carbonyl (C=O) groups excluding carboxylic acids is 1. The number of hydrogen-bond acceptors (Lipinski definition) is 2. The molecule has 4 saturated carbocycles. The van der Waals surface area contributed by atoms with Crippen LogP contribution in [-0.2, 0) is 9.59 Å². The van der Waals surface area contributed by atoms with E-state index >= 15 is 0 Å². The summed E-state index contributed by atoms with van der Waals surface area (Å²) in [6.45, 7) is 9.21. The Bertz CT molecular complexity index is 652. The van der Waals surface area contributed by atoms with Crippen molar-refractivity contribution < 1.29 is 14.7 Å². The third kappa shape index (κ3) is 2.83. The topological polar surface area (TPSA) is 54.4 Å². The molecule has 0 amide bonds. The summed E-state index contributed by atoms with van der Waals surface area (Å²) in [6.07, 6.45) is 11.7.